The summed E-state index contributed by atoms with van der Waals surface area (Å²) in [7, 11) is 0. The second-order valence-electron chi connectivity index (χ2n) is 8.96. The lowest BCUT2D eigenvalue weighted by Gasteiger charge is -2.28. The fourth-order valence-corrected chi connectivity index (χ4v) is 4.73. The molecular formula is C27H36N2O2. The van der Waals surface area contributed by atoms with Gasteiger partial charge in [-0.25, -0.2) is 9.97 Å². The van der Waals surface area contributed by atoms with Crippen LogP contribution in [0.4, 0.5) is 0 Å². The summed E-state index contributed by atoms with van der Waals surface area (Å²) >= 11 is 0. The van der Waals surface area contributed by atoms with Gasteiger partial charge in [-0.3, -0.25) is 9.59 Å². The van der Waals surface area contributed by atoms with Crippen molar-refractivity contribution in [1.82, 2.24) is 9.97 Å². The lowest BCUT2D eigenvalue weighted by molar-refractivity contribution is -0.135. The lowest BCUT2D eigenvalue weighted by Crippen LogP contribution is -2.35. The van der Waals surface area contributed by atoms with E-state index in [0.717, 1.165) is 43.2 Å². The zero-order chi connectivity index (χ0) is 22.1. The summed E-state index contributed by atoms with van der Waals surface area (Å²) in [5.74, 6) is -0.107. The van der Waals surface area contributed by atoms with E-state index >= 15 is 0 Å². The molecule has 31 heavy (non-hydrogen) atoms. The van der Waals surface area contributed by atoms with Crippen molar-refractivity contribution < 1.29 is 9.59 Å². The van der Waals surface area contributed by atoms with Crippen LogP contribution in [0.25, 0.3) is 0 Å². The van der Waals surface area contributed by atoms with Crippen LogP contribution in [0, 0.1) is 11.8 Å². The molecular weight excluding hydrogens is 384 g/mol. The molecule has 1 heterocycles. The molecule has 1 aliphatic carbocycles. The molecule has 1 saturated carbocycles. The maximum Gasteiger partial charge on any atom is 0.158 e. The fourth-order valence-electron chi connectivity index (χ4n) is 4.73. The highest BCUT2D eigenvalue weighted by molar-refractivity contribution is 6.06. The van der Waals surface area contributed by atoms with E-state index in [1.165, 1.54) is 19.3 Å². The van der Waals surface area contributed by atoms with Crippen molar-refractivity contribution in [2.75, 3.05) is 0 Å². The molecule has 0 N–H and O–H groups in total. The predicted octanol–water partition coefficient (Wildman–Crippen LogP) is 6.09. The summed E-state index contributed by atoms with van der Waals surface area (Å²) in [5.41, 5.74) is 1.97. The smallest absolute Gasteiger partial charge is 0.158 e. The zero-order valence-corrected chi connectivity index (χ0v) is 19.1. The Morgan fingerprint density at radius 3 is 2.39 bits per heavy atom. The van der Waals surface area contributed by atoms with Crippen LogP contribution in [0.2, 0.25) is 0 Å². The molecule has 0 amide bonds. The molecule has 166 valence electrons. The average Bonchev–Trinajstić information content (AvgIpc) is 2.79. The minimum atomic E-state index is -0.577. The molecule has 3 unspecified atom stereocenters. The van der Waals surface area contributed by atoms with Gasteiger partial charge in [0.15, 0.2) is 5.78 Å². The van der Waals surface area contributed by atoms with Gasteiger partial charge in [0.25, 0.3) is 0 Å². The van der Waals surface area contributed by atoms with Crippen LogP contribution < -0.4 is 0 Å². The minimum absolute atomic E-state index is 0.0400. The second-order valence-corrected chi connectivity index (χ2v) is 8.96. The van der Waals surface area contributed by atoms with Gasteiger partial charge in [-0.05, 0) is 42.7 Å². The minimum Gasteiger partial charge on any atom is -0.299 e. The number of aryl methyl sites for hydroxylation is 1. The highest BCUT2D eigenvalue weighted by Crippen LogP contribution is 2.34. The van der Waals surface area contributed by atoms with Gasteiger partial charge in [0.05, 0.1) is 5.92 Å². The summed E-state index contributed by atoms with van der Waals surface area (Å²) in [4.78, 5) is 35.6. The van der Waals surface area contributed by atoms with E-state index in [1.54, 1.807) is 0 Å². The maximum atomic E-state index is 13.6. The molecule has 3 atom stereocenters. The number of hydrogen-bond acceptors (Lipinski definition) is 4. The molecule has 4 nitrogen and oxygen atoms in total. The molecule has 1 aliphatic rings. The Morgan fingerprint density at radius 1 is 1.00 bits per heavy atom. The third-order valence-corrected chi connectivity index (χ3v) is 6.50. The van der Waals surface area contributed by atoms with Crippen molar-refractivity contribution in [3.63, 3.8) is 0 Å². The molecule has 0 bridgehead atoms. The molecule has 1 fully saturated rings. The van der Waals surface area contributed by atoms with Gasteiger partial charge < -0.3 is 0 Å². The van der Waals surface area contributed by atoms with Crippen LogP contribution in [-0.4, -0.2) is 21.5 Å². The standard InChI is InChI=1S/C27H36N2O2/c1-3-5-6-8-12-21-18-28-27(29-19-21)25(22-13-9-7-10-14-22)26(31)23-16-15-20(11-4-2)17-24(23)30/h7,9-10,13-14,18-20,23,25H,3-6,8,11-12,15-17H2,1-2H3. The Bertz CT molecular complexity index is 832. The first kappa shape index (κ1) is 23.3. The number of nitrogens with zero attached hydrogens (tertiary/aromatic N) is 2. The molecule has 1 aromatic heterocycles. The van der Waals surface area contributed by atoms with Crippen molar-refractivity contribution in [3.8, 4) is 0 Å². The van der Waals surface area contributed by atoms with Crippen LogP contribution in [0.1, 0.15) is 94.5 Å². The molecule has 3 rings (SSSR count). The van der Waals surface area contributed by atoms with Crippen LogP contribution in [-0.2, 0) is 16.0 Å². The summed E-state index contributed by atoms with van der Waals surface area (Å²) in [6, 6.07) is 9.68. The van der Waals surface area contributed by atoms with E-state index in [-0.39, 0.29) is 11.6 Å². The number of ketones is 2. The average molecular weight is 421 g/mol. The van der Waals surface area contributed by atoms with Crippen molar-refractivity contribution in [2.24, 2.45) is 11.8 Å². The SMILES string of the molecule is CCCCCCc1cnc(C(C(=O)C2CCC(CCC)CC2=O)c2ccccc2)nc1. The second kappa shape index (κ2) is 11.9. The number of carbonyl (C=O) groups excluding carboxylic acids is 2. The number of hydrogen-bond donors (Lipinski definition) is 0. The molecule has 2 aromatic rings. The van der Waals surface area contributed by atoms with E-state index in [1.807, 2.05) is 42.7 Å². The van der Waals surface area contributed by atoms with Crippen LogP contribution in [0.15, 0.2) is 42.7 Å². The van der Waals surface area contributed by atoms with Crippen molar-refractivity contribution >= 4 is 11.6 Å². The van der Waals surface area contributed by atoms with E-state index in [0.29, 0.717) is 24.6 Å². The Hall–Kier alpha value is -2.36. The number of aromatic nitrogens is 2. The van der Waals surface area contributed by atoms with Crippen molar-refractivity contribution in [3.05, 3.63) is 59.7 Å². The number of rotatable bonds is 11. The monoisotopic (exact) mass is 420 g/mol. The van der Waals surface area contributed by atoms with Crippen LogP contribution >= 0.6 is 0 Å². The third-order valence-electron chi connectivity index (χ3n) is 6.50. The van der Waals surface area contributed by atoms with E-state index in [2.05, 4.69) is 23.8 Å². The van der Waals surface area contributed by atoms with E-state index in [9.17, 15) is 9.59 Å². The van der Waals surface area contributed by atoms with E-state index in [4.69, 9.17) is 0 Å². The first-order valence-electron chi connectivity index (χ1n) is 12.1. The summed E-state index contributed by atoms with van der Waals surface area (Å²) < 4.78 is 0. The molecule has 0 aliphatic heterocycles. The normalized spacial score (nSPS) is 19.9. The Kier molecular flexibility index (Phi) is 8.93. The molecule has 4 heteroatoms. The maximum absolute atomic E-state index is 13.6. The first-order chi connectivity index (χ1) is 15.1. The highest BCUT2D eigenvalue weighted by atomic mass is 16.2. The fraction of sp³-hybridized carbons (Fsp3) is 0.556. The van der Waals surface area contributed by atoms with Crippen LogP contribution in [0.5, 0.6) is 0 Å². The number of unbranched alkanes of at least 4 members (excludes halogenated alkanes) is 3. The number of carbonyl (C=O) groups is 2. The van der Waals surface area contributed by atoms with Crippen molar-refractivity contribution in [2.45, 2.75) is 84.0 Å². The predicted molar refractivity (Wildman–Crippen MR) is 124 cm³/mol. The van der Waals surface area contributed by atoms with Gasteiger partial charge in [0.1, 0.15) is 17.5 Å². The van der Waals surface area contributed by atoms with Crippen LogP contribution in [0.3, 0.4) is 0 Å². The summed E-state index contributed by atoms with van der Waals surface area (Å²) in [5, 5.41) is 0. The Morgan fingerprint density at radius 2 is 1.74 bits per heavy atom. The van der Waals surface area contributed by atoms with Gasteiger partial charge in [-0.15, -0.1) is 0 Å². The number of benzene rings is 1. The first-order valence-corrected chi connectivity index (χ1v) is 12.1. The Balaban J connectivity index is 1.78. The van der Waals surface area contributed by atoms with Gasteiger partial charge in [0.2, 0.25) is 0 Å². The number of Topliss-reactive ketones (excluding diaryl/α,β-unsaturated/α-hetero) is 2. The van der Waals surface area contributed by atoms with Gasteiger partial charge in [-0.1, -0.05) is 76.3 Å². The molecule has 1 aromatic carbocycles. The van der Waals surface area contributed by atoms with E-state index < -0.39 is 11.8 Å². The molecule has 0 spiro atoms. The quantitative estimate of drug-likeness (QED) is 0.326. The van der Waals surface area contributed by atoms with Gasteiger partial charge >= 0.3 is 0 Å². The summed E-state index contributed by atoms with van der Waals surface area (Å²) in [6.45, 7) is 4.36. The van der Waals surface area contributed by atoms with Crippen molar-refractivity contribution in [1.29, 1.82) is 0 Å². The molecule has 0 saturated heterocycles. The summed E-state index contributed by atoms with van der Waals surface area (Å²) in [6.07, 6.45) is 13.8. The molecule has 0 radical (unpaired) electrons. The lowest BCUT2D eigenvalue weighted by atomic mass is 9.74. The van der Waals surface area contributed by atoms with Gasteiger partial charge in [-0.2, -0.15) is 0 Å². The topological polar surface area (TPSA) is 59.9 Å². The Labute approximate surface area is 186 Å². The third kappa shape index (κ3) is 6.32. The van der Waals surface area contributed by atoms with Gasteiger partial charge in [0, 0.05) is 18.8 Å². The largest absolute Gasteiger partial charge is 0.299 e. The highest BCUT2D eigenvalue weighted by Gasteiger charge is 2.38. The zero-order valence-electron chi connectivity index (χ0n) is 19.1.